The number of benzene rings is 1. The van der Waals surface area contributed by atoms with Gasteiger partial charge in [-0.1, -0.05) is 26.8 Å². The number of carbonyl (C=O) groups is 2. The van der Waals surface area contributed by atoms with Gasteiger partial charge in [0.15, 0.2) is 0 Å². The second kappa shape index (κ2) is 7.11. The number of amides is 2. The van der Waals surface area contributed by atoms with Gasteiger partial charge >= 0.3 is 12.0 Å². The quantitative estimate of drug-likeness (QED) is 0.746. The van der Waals surface area contributed by atoms with Crippen LogP contribution < -0.4 is 10.6 Å². The maximum Gasteiger partial charge on any atom is 0.336 e. The third-order valence-corrected chi connectivity index (χ3v) is 4.13. The molecule has 0 unspecified atom stereocenters. The largest absolute Gasteiger partial charge is 0.478 e. The van der Waals surface area contributed by atoms with Crippen molar-refractivity contribution in [1.82, 2.24) is 5.32 Å². The van der Waals surface area contributed by atoms with E-state index >= 15 is 0 Å². The number of aromatic carboxylic acids is 1. The van der Waals surface area contributed by atoms with Gasteiger partial charge in [0.05, 0.1) is 5.56 Å². The number of carboxylic acid groups (broad SMARTS) is 1. The van der Waals surface area contributed by atoms with E-state index in [1.165, 1.54) is 6.07 Å². The molecule has 0 saturated carbocycles. The zero-order valence-corrected chi connectivity index (χ0v) is 13.1. The van der Waals surface area contributed by atoms with Crippen LogP contribution in [0.5, 0.6) is 0 Å². The molecule has 5 heteroatoms. The summed E-state index contributed by atoms with van der Waals surface area (Å²) >= 11 is 0. The highest BCUT2D eigenvalue weighted by atomic mass is 16.4. The normalized spacial score (nSPS) is 11.0. The minimum Gasteiger partial charge on any atom is -0.478 e. The molecule has 0 radical (unpaired) electrons. The molecule has 0 bridgehead atoms. The summed E-state index contributed by atoms with van der Waals surface area (Å²) in [6, 6.07) is 4.56. The lowest BCUT2D eigenvalue weighted by molar-refractivity contribution is 0.0696. The molecule has 0 fully saturated rings. The molecule has 1 rings (SSSR count). The third kappa shape index (κ3) is 4.21. The van der Waals surface area contributed by atoms with E-state index in [2.05, 4.69) is 10.6 Å². The van der Waals surface area contributed by atoms with Crippen molar-refractivity contribution in [3.05, 3.63) is 29.3 Å². The van der Waals surface area contributed by atoms with E-state index in [1.54, 1.807) is 19.1 Å². The van der Waals surface area contributed by atoms with Crippen molar-refractivity contribution in [3.8, 4) is 0 Å². The minimum atomic E-state index is -0.999. The van der Waals surface area contributed by atoms with Gasteiger partial charge in [-0.15, -0.1) is 0 Å². The van der Waals surface area contributed by atoms with Gasteiger partial charge in [0.25, 0.3) is 0 Å². The number of carboxylic acids is 1. The van der Waals surface area contributed by atoms with E-state index in [0.717, 1.165) is 19.3 Å². The molecule has 0 aromatic heterocycles. The Hall–Kier alpha value is -2.04. The van der Waals surface area contributed by atoms with E-state index in [4.69, 9.17) is 5.11 Å². The topological polar surface area (TPSA) is 78.4 Å². The van der Waals surface area contributed by atoms with E-state index in [-0.39, 0.29) is 17.1 Å². The lowest BCUT2D eigenvalue weighted by Gasteiger charge is -2.31. The highest BCUT2D eigenvalue weighted by molar-refractivity contribution is 5.94. The lowest BCUT2D eigenvalue weighted by atomic mass is 9.90. The fourth-order valence-corrected chi connectivity index (χ4v) is 2.35. The summed E-state index contributed by atoms with van der Waals surface area (Å²) in [6.45, 7) is 7.86. The Bertz CT molecular complexity index is 514. The van der Waals surface area contributed by atoms with E-state index in [0.29, 0.717) is 11.3 Å². The Morgan fingerprint density at radius 2 is 1.71 bits per heavy atom. The highest BCUT2D eigenvalue weighted by Crippen LogP contribution is 2.20. The first-order valence-corrected chi connectivity index (χ1v) is 7.30. The van der Waals surface area contributed by atoms with Crippen LogP contribution in [-0.2, 0) is 0 Å². The Kier molecular flexibility index (Phi) is 5.76. The number of urea groups is 1. The van der Waals surface area contributed by atoms with Crippen LogP contribution in [-0.4, -0.2) is 22.6 Å². The number of anilines is 1. The summed E-state index contributed by atoms with van der Waals surface area (Å²) < 4.78 is 0. The second-order valence-electron chi connectivity index (χ2n) is 5.25. The van der Waals surface area contributed by atoms with Crippen molar-refractivity contribution < 1.29 is 14.7 Å². The number of aryl methyl sites for hydroxylation is 1. The molecular formula is C16H24N2O3. The van der Waals surface area contributed by atoms with Gasteiger partial charge in [0.1, 0.15) is 0 Å². The van der Waals surface area contributed by atoms with Gasteiger partial charge in [0, 0.05) is 11.2 Å². The van der Waals surface area contributed by atoms with Crippen LogP contribution in [0.25, 0.3) is 0 Å². The van der Waals surface area contributed by atoms with Crippen LogP contribution in [0, 0.1) is 6.92 Å². The Morgan fingerprint density at radius 1 is 1.14 bits per heavy atom. The Balaban J connectivity index is 2.84. The second-order valence-corrected chi connectivity index (χ2v) is 5.25. The maximum absolute atomic E-state index is 12.1. The van der Waals surface area contributed by atoms with Gasteiger partial charge in [-0.3, -0.25) is 0 Å². The zero-order valence-electron chi connectivity index (χ0n) is 13.1. The summed E-state index contributed by atoms with van der Waals surface area (Å²) in [5, 5.41) is 14.8. The predicted octanol–water partition coefficient (Wildman–Crippen LogP) is 3.78. The molecular weight excluding hydrogens is 268 g/mol. The van der Waals surface area contributed by atoms with E-state index in [9.17, 15) is 9.59 Å². The van der Waals surface area contributed by atoms with Gasteiger partial charge < -0.3 is 15.7 Å². The van der Waals surface area contributed by atoms with Crippen LogP contribution >= 0.6 is 0 Å². The lowest BCUT2D eigenvalue weighted by Crippen LogP contribution is -2.48. The van der Waals surface area contributed by atoms with Gasteiger partial charge in [-0.2, -0.15) is 0 Å². The first kappa shape index (κ1) is 17.0. The van der Waals surface area contributed by atoms with E-state index in [1.807, 2.05) is 20.8 Å². The molecule has 1 aromatic carbocycles. The maximum atomic E-state index is 12.1. The Morgan fingerprint density at radius 3 is 2.19 bits per heavy atom. The third-order valence-electron chi connectivity index (χ3n) is 4.13. The van der Waals surface area contributed by atoms with Crippen LogP contribution in [0.1, 0.15) is 56.0 Å². The summed E-state index contributed by atoms with van der Waals surface area (Å²) in [5.74, 6) is -0.999. The fraction of sp³-hybridized carbons (Fsp3) is 0.500. The molecule has 0 aliphatic rings. The molecule has 0 atom stereocenters. The average molecular weight is 292 g/mol. The molecule has 3 N–H and O–H groups in total. The van der Waals surface area contributed by atoms with Crippen LogP contribution in [0.2, 0.25) is 0 Å². The molecule has 116 valence electrons. The molecule has 21 heavy (non-hydrogen) atoms. The standard InChI is InChI=1S/C16H24N2O3/c1-5-16(6-2,7-3)18-15(21)17-12-9-8-11(4)13(10-12)14(19)20/h8-10H,5-7H2,1-4H3,(H,19,20)(H2,17,18,21). The fourth-order valence-electron chi connectivity index (χ4n) is 2.35. The number of nitrogens with one attached hydrogen (secondary N) is 2. The average Bonchev–Trinajstić information content (AvgIpc) is 2.46. The number of rotatable bonds is 6. The van der Waals surface area contributed by atoms with Crippen molar-refractivity contribution in [1.29, 1.82) is 0 Å². The summed E-state index contributed by atoms with van der Waals surface area (Å²) in [6.07, 6.45) is 2.55. The summed E-state index contributed by atoms with van der Waals surface area (Å²) in [5.41, 5.74) is 1.12. The first-order chi connectivity index (χ1) is 9.87. The minimum absolute atomic E-state index is 0.195. The van der Waals surface area contributed by atoms with Crippen molar-refractivity contribution >= 4 is 17.7 Å². The summed E-state index contributed by atoms with van der Waals surface area (Å²) in [7, 11) is 0. The molecule has 2 amide bonds. The van der Waals surface area contributed by atoms with Gasteiger partial charge in [0.2, 0.25) is 0 Å². The monoisotopic (exact) mass is 292 g/mol. The zero-order chi connectivity index (χ0) is 16.0. The SMILES string of the molecule is CCC(CC)(CC)NC(=O)Nc1ccc(C)c(C(=O)O)c1. The molecule has 1 aromatic rings. The van der Waals surface area contributed by atoms with Crippen LogP contribution in [0.15, 0.2) is 18.2 Å². The predicted molar refractivity (Wildman–Crippen MR) is 83.9 cm³/mol. The first-order valence-electron chi connectivity index (χ1n) is 7.30. The van der Waals surface area contributed by atoms with Crippen molar-refractivity contribution in [2.75, 3.05) is 5.32 Å². The molecule has 0 aliphatic carbocycles. The highest BCUT2D eigenvalue weighted by Gasteiger charge is 2.25. The van der Waals surface area contributed by atoms with Gasteiger partial charge in [-0.05, 0) is 43.9 Å². The smallest absolute Gasteiger partial charge is 0.336 e. The van der Waals surface area contributed by atoms with Gasteiger partial charge in [-0.25, -0.2) is 9.59 Å². The van der Waals surface area contributed by atoms with Crippen molar-refractivity contribution in [2.45, 2.75) is 52.5 Å². The van der Waals surface area contributed by atoms with Crippen molar-refractivity contribution in [3.63, 3.8) is 0 Å². The Labute approximate surface area is 125 Å². The molecule has 0 spiro atoms. The molecule has 5 nitrogen and oxygen atoms in total. The summed E-state index contributed by atoms with van der Waals surface area (Å²) in [4.78, 5) is 23.2. The molecule has 0 saturated heterocycles. The van der Waals surface area contributed by atoms with Crippen LogP contribution in [0.3, 0.4) is 0 Å². The number of hydrogen-bond acceptors (Lipinski definition) is 2. The van der Waals surface area contributed by atoms with Crippen LogP contribution in [0.4, 0.5) is 10.5 Å². The number of hydrogen-bond donors (Lipinski definition) is 3. The molecule has 0 aliphatic heterocycles. The molecule has 0 heterocycles. The van der Waals surface area contributed by atoms with E-state index < -0.39 is 5.97 Å². The van der Waals surface area contributed by atoms with Crippen molar-refractivity contribution in [2.24, 2.45) is 0 Å². The number of carbonyl (C=O) groups excluding carboxylic acids is 1.